The van der Waals surface area contributed by atoms with Gasteiger partial charge in [-0.3, -0.25) is 4.79 Å². The highest BCUT2D eigenvalue weighted by atomic mass is 16.6. The Bertz CT molecular complexity index is 213. The lowest BCUT2D eigenvalue weighted by atomic mass is 9.84. The van der Waals surface area contributed by atoms with Crippen LogP contribution in [0.15, 0.2) is 0 Å². The molecule has 0 aliphatic carbocycles. The van der Waals surface area contributed by atoms with Crippen LogP contribution in [0.4, 0.5) is 0 Å². The molecule has 15 heavy (non-hydrogen) atoms. The number of ether oxygens (including phenoxy) is 1. The molecule has 3 nitrogen and oxygen atoms in total. The molecule has 0 aromatic heterocycles. The zero-order valence-electron chi connectivity index (χ0n) is 10.8. The first-order chi connectivity index (χ1) is 6.57. The van der Waals surface area contributed by atoms with Gasteiger partial charge in [-0.2, -0.15) is 0 Å². The largest absolute Gasteiger partial charge is 0.460 e. The number of aliphatic hydroxyl groups excluding tert-OH is 1. The van der Waals surface area contributed by atoms with Crippen LogP contribution >= 0.6 is 0 Å². The molecule has 0 amide bonds. The van der Waals surface area contributed by atoms with E-state index in [2.05, 4.69) is 0 Å². The SMILES string of the molecule is CC(CC(C)(C)CO)C(=O)OC(C)(C)C. The van der Waals surface area contributed by atoms with Crippen LogP contribution in [0.1, 0.15) is 48.0 Å². The molecule has 0 aliphatic rings. The number of hydrogen-bond acceptors (Lipinski definition) is 3. The van der Waals surface area contributed by atoms with Gasteiger partial charge in [0.25, 0.3) is 0 Å². The fourth-order valence-electron chi connectivity index (χ4n) is 1.38. The molecule has 0 aromatic rings. The fourth-order valence-corrected chi connectivity index (χ4v) is 1.38. The van der Waals surface area contributed by atoms with Crippen molar-refractivity contribution in [2.45, 2.75) is 53.6 Å². The van der Waals surface area contributed by atoms with Crippen molar-refractivity contribution in [2.24, 2.45) is 11.3 Å². The second-order valence-corrected chi connectivity index (χ2v) is 5.96. The summed E-state index contributed by atoms with van der Waals surface area (Å²) in [7, 11) is 0. The van der Waals surface area contributed by atoms with Gasteiger partial charge in [0.2, 0.25) is 0 Å². The molecular formula is C12H24O3. The Morgan fingerprint density at radius 3 is 2.07 bits per heavy atom. The van der Waals surface area contributed by atoms with E-state index in [1.807, 2.05) is 41.5 Å². The number of aliphatic hydroxyl groups is 1. The summed E-state index contributed by atoms with van der Waals surface area (Å²) in [6, 6.07) is 0. The third-order valence-corrected chi connectivity index (χ3v) is 2.10. The highest BCUT2D eigenvalue weighted by Crippen LogP contribution is 2.26. The van der Waals surface area contributed by atoms with Crippen LogP contribution in [0.5, 0.6) is 0 Å². The minimum absolute atomic E-state index is 0.0835. The van der Waals surface area contributed by atoms with Gasteiger partial charge >= 0.3 is 5.97 Å². The van der Waals surface area contributed by atoms with Crippen LogP contribution < -0.4 is 0 Å². The minimum atomic E-state index is -0.436. The molecule has 0 fully saturated rings. The van der Waals surface area contributed by atoms with Crippen molar-refractivity contribution >= 4 is 5.97 Å². The van der Waals surface area contributed by atoms with Crippen LogP contribution in [-0.4, -0.2) is 23.3 Å². The summed E-state index contributed by atoms with van der Waals surface area (Å²) in [5, 5.41) is 9.11. The Hall–Kier alpha value is -0.570. The smallest absolute Gasteiger partial charge is 0.309 e. The van der Waals surface area contributed by atoms with Gasteiger partial charge in [0.1, 0.15) is 5.60 Å². The molecule has 0 aliphatic heterocycles. The zero-order valence-corrected chi connectivity index (χ0v) is 10.8. The van der Waals surface area contributed by atoms with Crippen LogP contribution in [0.3, 0.4) is 0 Å². The third kappa shape index (κ3) is 6.50. The van der Waals surface area contributed by atoms with Gasteiger partial charge in [-0.25, -0.2) is 0 Å². The van der Waals surface area contributed by atoms with Gasteiger partial charge in [0.15, 0.2) is 0 Å². The van der Waals surface area contributed by atoms with E-state index >= 15 is 0 Å². The average Bonchev–Trinajstić information content (AvgIpc) is 2.00. The Labute approximate surface area is 92.8 Å². The Morgan fingerprint density at radius 2 is 1.73 bits per heavy atom. The van der Waals surface area contributed by atoms with E-state index in [0.717, 1.165) is 0 Å². The van der Waals surface area contributed by atoms with Crippen LogP contribution in [0.25, 0.3) is 0 Å². The van der Waals surface area contributed by atoms with Crippen molar-refractivity contribution in [3.05, 3.63) is 0 Å². The lowest BCUT2D eigenvalue weighted by Gasteiger charge is -2.27. The van der Waals surface area contributed by atoms with E-state index in [-0.39, 0.29) is 23.9 Å². The van der Waals surface area contributed by atoms with Gasteiger partial charge in [-0.1, -0.05) is 20.8 Å². The van der Waals surface area contributed by atoms with Crippen LogP contribution in [0.2, 0.25) is 0 Å². The first-order valence-electron chi connectivity index (χ1n) is 5.41. The molecular weight excluding hydrogens is 192 g/mol. The number of hydrogen-bond donors (Lipinski definition) is 1. The highest BCUT2D eigenvalue weighted by molar-refractivity contribution is 5.72. The van der Waals surface area contributed by atoms with Crippen molar-refractivity contribution in [3.63, 3.8) is 0 Å². The first-order valence-corrected chi connectivity index (χ1v) is 5.41. The number of esters is 1. The molecule has 90 valence electrons. The Morgan fingerprint density at radius 1 is 1.27 bits per heavy atom. The summed E-state index contributed by atoms with van der Waals surface area (Å²) < 4.78 is 5.27. The summed E-state index contributed by atoms with van der Waals surface area (Å²) in [5.74, 6) is -0.365. The maximum Gasteiger partial charge on any atom is 0.309 e. The van der Waals surface area contributed by atoms with Crippen LogP contribution in [-0.2, 0) is 9.53 Å². The summed E-state index contributed by atoms with van der Waals surface area (Å²) >= 11 is 0. The fraction of sp³-hybridized carbons (Fsp3) is 0.917. The molecule has 0 heterocycles. The lowest BCUT2D eigenvalue weighted by Crippen LogP contribution is -2.31. The standard InChI is InChI=1S/C12H24O3/c1-9(7-12(5,6)8-13)10(14)15-11(2,3)4/h9,13H,7-8H2,1-6H3. The molecule has 0 bridgehead atoms. The topological polar surface area (TPSA) is 46.5 Å². The average molecular weight is 216 g/mol. The van der Waals surface area contributed by atoms with Crippen molar-refractivity contribution in [1.82, 2.24) is 0 Å². The Balaban J connectivity index is 4.23. The van der Waals surface area contributed by atoms with Gasteiger partial charge in [-0.05, 0) is 32.6 Å². The predicted octanol–water partition coefficient (Wildman–Crippen LogP) is 2.37. The van der Waals surface area contributed by atoms with E-state index in [9.17, 15) is 4.79 Å². The quantitative estimate of drug-likeness (QED) is 0.734. The zero-order chi connectivity index (χ0) is 12.3. The lowest BCUT2D eigenvalue weighted by molar-refractivity contribution is -0.160. The maximum absolute atomic E-state index is 11.6. The molecule has 0 spiro atoms. The maximum atomic E-state index is 11.6. The van der Waals surface area contributed by atoms with Gasteiger partial charge in [-0.15, -0.1) is 0 Å². The second-order valence-electron chi connectivity index (χ2n) is 5.96. The molecule has 3 heteroatoms. The summed E-state index contributed by atoms with van der Waals surface area (Å²) in [5.41, 5.74) is -0.662. The normalized spacial score (nSPS) is 14.9. The van der Waals surface area contributed by atoms with Gasteiger partial charge in [0, 0.05) is 6.61 Å². The molecule has 1 N–H and O–H groups in total. The molecule has 1 atom stereocenters. The number of carbonyl (C=O) groups is 1. The monoisotopic (exact) mass is 216 g/mol. The van der Waals surface area contributed by atoms with E-state index in [4.69, 9.17) is 9.84 Å². The van der Waals surface area contributed by atoms with E-state index in [1.165, 1.54) is 0 Å². The van der Waals surface area contributed by atoms with Gasteiger partial charge < -0.3 is 9.84 Å². The van der Waals surface area contributed by atoms with Crippen molar-refractivity contribution in [2.75, 3.05) is 6.61 Å². The van der Waals surface area contributed by atoms with Crippen molar-refractivity contribution in [3.8, 4) is 0 Å². The molecule has 1 unspecified atom stereocenters. The van der Waals surface area contributed by atoms with Gasteiger partial charge in [0.05, 0.1) is 5.92 Å². The highest BCUT2D eigenvalue weighted by Gasteiger charge is 2.27. The first kappa shape index (κ1) is 14.4. The van der Waals surface area contributed by atoms with Crippen LogP contribution in [0, 0.1) is 11.3 Å². The number of rotatable bonds is 4. The van der Waals surface area contributed by atoms with Crippen molar-refractivity contribution in [1.29, 1.82) is 0 Å². The van der Waals surface area contributed by atoms with E-state index in [0.29, 0.717) is 6.42 Å². The van der Waals surface area contributed by atoms with E-state index < -0.39 is 5.60 Å². The summed E-state index contributed by atoms with van der Waals surface area (Å²) in [4.78, 5) is 11.6. The molecule has 0 radical (unpaired) electrons. The number of carbonyl (C=O) groups excluding carboxylic acids is 1. The molecule has 0 saturated heterocycles. The third-order valence-electron chi connectivity index (χ3n) is 2.10. The van der Waals surface area contributed by atoms with Crippen molar-refractivity contribution < 1.29 is 14.6 Å². The summed E-state index contributed by atoms with van der Waals surface area (Å²) in [6.45, 7) is 11.4. The minimum Gasteiger partial charge on any atom is -0.460 e. The second kappa shape index (κ2) is 4.97. The predicted molar refractivity (Wildman–Crippen MR) is 60.5 cm³/mol. The Kier molecular flexibility index (Phi) is 4.78. The van der Waals surface area contributed by atoms with E-state index in [1.54, 1.807) is 0 Å². The molecule has 0 aromatic carbocycles. The molecule has 0 saturated carbocycles. The molecule has 0 rings (SSSR count). The summed E-state index contributed by atoms with van der Waals surface area (Å²) in [6.07, 6.45) is 0.637.